The van der Waals surface area contributed by atoms with Crippen LogP contribution >= 0.6 is 11.8 Å². The van der Waals surface area contributed by atoms with Crippen LogP contribution in [0.25, 0.3) is 0 Å². The number of nitrogens with one attached hydrogen (secondary N) is 2. The van der Waals surface area contributed by atoms with Crippen LogP contribution in [-0.2, 0) is 6.18 Å². The zero-order valence-corrected chi connectivity index (χ0v) is 13.3. The Hall–Kier alpha value is -2.66. The fraction of sp³-hybridized carbons (Fsp3) is 0.125. The Bertz CT molecular complexity index is 783. The lowest BCUT2D eigenvalue weighted by Crippen LogP contribution is -2.30. The van der Waals surface area contributed by atoms with Crippen molar-refractivity contribution in [3.05, 3.63) is 59.2 Å². The van der Waals surface area contributed by atoms with Crippen molar-refractivity contribution < 1.29 is 18.0 Å². The summed E-state index contributed by atoms with van der Waals surface area (Å²) in [6.07, 6.45) is -2.76. The number of hydrogen-bond acceptors (Lipinski definition) is 4. The van der Waals surface area contributed by atoms with Gasteiger partial charge in [-0.25, -0.2) is 0 Å². The van der Waals surface area contributed by atoms with Crippen LogP contribution < -0.4 is 10.9 Å². The van der Waals surface area contributed by atoms with Crippen LogP contribution in [0.2, 0.25) is 0 Å². The number of halogens is 3. The minimum atomic E-state index is -4.65. The van der Waals surface area contributed by atoms with Crippen LogP contribution in [0.15, 0.2) is 47.4 Å². The molecular formula is C16H12F3N3OS. The van der Waals surface area contributed by atoms with Crippen LogP contribution in [0.3, 0.4) is 0 Å². The summed E-state index contributed by atoms with van der Waals surface area (Å²) in [7, 11) is 0. The van der Waals surface area contributed by atoms with E-state index in [9.17, 15) is 18.0 Å². The zero-order chi connectivity index (χ0) is 17.7. The first-order valence-corrected chi connectivity index (χ1v) is 7.89. The van der Waals surface area contributed by atoms with Crippen molar-refractivity contribution in [3.8, 4) is 6.07 Å². The summed E-state index contributed by atoms with van der Waals surface area (Å²) < 4.78 is 39.1. The highest BCUT2D eigenvalue weighted by Gasteiger charge is 2.34. The number of amides is 1. The third-order valence-electron chi connectivity index (χ3n) is 3.12. The molecule has 2 aromatic carbocycles. The molecule has 0 saturated carbocycles. The Morgan fingerprint density at radius 3 is 2.38 bits per heavy atom. The lowest BCUT2D eigenvalue weighted by atomic mass is 10.1. The predicted octanol–water partition coefficient (Wildman–Crippen LogP) is 4.06. The van der Waals surface area contributed by atoms with E-state index in [0.29, 0.717) is 5.56 Å². The van der Waals surface area contributed by atoms with E-state index in [4.69, 9.17) is 5.26 Å². The number of hydrogen-bond donors (Lipinski definition) is 2. The number of anilines is 1. The summed E-state index contributed by atoms with van der Waals surface area (Å²) in [4.78, 5) is 13.0. The molecule has 2 aromatic rings. The van der Waals surface area contributed by atoms with Crippen molar-refractivity contribution in [1.29, 1.82) is 5.26 Å². The van der Waals surface area contributed by atoms with Crippen LogP contribution in [0, 0.1) is 11.3 Å². The van der Waals surface area contributed by atoms with E-state index < -0.39 is 17.6 Å². The number of alkyl halides is 3. The molecule has 0 aliphatic heterocycles. The van der Waals surface area contributed by atoms with E-state index in [0.717, 1.165) is 17.0 Å². The first kappa shape index (κ1) is 17.7. The molecule has 8 heteroatoms. The molecule has 0 radical (unpaired) electrons. The van der Waals surface area contributed by atoms with Gasteiger partial charge in [-0.3, -0.25) is 15.6 Å². The summed E-state index contributed by atoms with van der Waals surface area (Å²) >= 11 is 1.51. The Morgan fingerprint density at radius 2 is 1.83 bits per heavy atom. The van der Waals surface area contributed by atoms with Gasteiger partial charge in [-0.05, 0) is 48.7 Å². The molecule has 0 fully saturated rings. The highest BCUT2D eigenvalue weighted by molar-refractivity contribution is 7.98. The van der Waals surface area contributed by atoms with Crippen LogP contribution in [0.1, 0.15) is 21.5 Å². The largest absolute Gasteiger partial charge is 0.418 e. The summed E-state index contributed by atoms with van der Waals surface area (Å²) in [6, 6.07) is 11.3. The van der Waals surface area contributed by atoms with Gasteiger partial charge in [0.1, 0.15) is 0 Å². The summed E-state index contributed by atoms with van der Waals surface area (Å²) in [5, 5.41) is 8.72. The van der Waals surface area contributed by atoms with Gasteiger partial charge in [-0.1, -0.05) is 0 Å². The quantitative estimate of drug-likeness (QED) is 0.644. The lowest BCUT2D eigenvalue weighted by molar-refractivity contribution is -0.137. The molecule has 0 atom stereocenters. The molecule has 24 heavy (non-hydrogen) atoms. The molecule has 0 saturated heterocycles. The van der Waals surface area contributed by atoms with E-state index in [2.05, 4.69) is 10.9 Å². The van der Waals surface area contributed by atoms with Crippen molar-refractivity contribution in [3.63, 3.8) is 0 Å². The second-order valence-corrected chi connectivity index (χ2v) is 5.56. The number of nitrogens with zero attached hydrogens (tertiary/aromatic N) is 1. The number of carbonyl (C=O) groups excluding carboxylic acids is 1. The Labute approximate surface area is 140 Å². The lowest BCUT2D eigenvalue weighted by Gasteiger charge is -2.15. The summed E-state index contributed by atoms with van der Waals surface area (Å²) in [5.74, 6) is -0.569. The number of nitriles is 1. The third-order valence-corrected chi connectivity index (χ3v) is 3.86. The van der Waals surface area contributed by atoms with Crippen molar-refractivity contribution in [2.45, 2.75) is 11.1 Å². The van der Waals surface area contributed by atoms with Gasteiger partial charge in [-0.15, -0.1) is 11.8 Å². The van der Waals surface area contributed by atoms with E-state index in [1.54, 1.807) is 30.3 Å². The van der Waals surface area contributed by atoms with Gasteiger partial charge in [0.15, 0.2) is 0 Å². The molecule has 0 unspecified atom stereocenters. The maximum atomic E-state index is 13.0. The van der Waals surface area contributed by atoms with Crippen molar-refractivity contribution in [1.82, 2.24) is 5.43 Å². The Balaban J connectivity index is 2.16. The van der Waals surface area contributed by atoms with E-state index in [1.165, 1.54) is 17.8 Å². The molecule has 2 N–H and O–H groups in total. The van der Waals surface area contributed by atoms with Gasteiger partial charge in [0.2, 0.25) is 0 Å². The molecule has 124 valence electrons. The Morgan fingerprint density at radius 1 is 1.17 bits per heavy atom. The molecule has 2 rings (SSSR count). The molecular weight excluding hydrogens is 339 g/mol. The highest BCUT2D eigenvalue weighted by atomic mass is 32.2. The monoisotopic (exact) mass is 351 g/mol. The fourth-order valence-electron chi connectivity index (χ4n) is 1.90. The minimum absolute atomic E-state index is 0.119. The van der Waals surface area contributed by atoms with Crippen LogP contribution in [0.4, 0.5) is 18.9 Å². The molecule has 0 spiro atoms. The van der Waals surface area contributed by atoms with E-state index in [1.807, 2.05) is 6.26 Å². The number of carbonyl (C=O) groups is 1. The molecule has 0 aromatic heterocycles. The van der Waals surface area contributed by atoms with Crippen LogP contribution in [0.5, 0.6) is 0 Å². The second kappa shape index (κ2) is 7.27. The first-order chi connectivity index (χ1) is 11.3. The number of thioether (sulfide) groups is 1. The van der Waals surface area contributed by atoms with Crippen molar-refractivity contribution in [2.24, 2.45) is 0 Å². The van der Waals surface area contributed by atoms with Crippen molar-refractivity contribution in [2.75, 3.05) is 11.7 Å². The van der Waals surface area contributed by atoms with Gasteiger partial charge >= 0.3 is 6.18 Å². The SMILES string of the molecule is CSc1ccc(C(=O)NNc2ccc(C#N)cc2C(F)(F)F)cc1. The van der Waals surface area contributed by atoms with Gasteiger partial charge in [0.05, 0.1) is 22.9 Å². The number of benzene rings is 2. The Kier molecular flexibility index (Phi) is 5.36. The highest BCUT2D eigenvalue weighted by Crippen LogP contribution is 2.35. The average molecular weight is 351 g/mol. The first-order valence-electron chi connectivity index (χ1n) is 6.67. The van der Waals surface area contributed by atoms with Gasteiger partial charge in [-0.2, -0.15) is 18.4 Å². The van der Waals surface area contributed by atoms with E-state index in [-0.39, 0.29) is 11.3 Å². The number of hydrazine groups is 1. The van der Waals surface area contributed by atoms with Gasteiger partial charge in [0, 0.05) is 10.5 Å². The maximum Gasteiger partial charge on any atom is 0.418 e. The fourth-order valence-corrected chi connectivity index (χ4v) is 2.30. The smallest absolute Gasteiger partial charge is 0.298 e. The van der Waals surface area contributed by atoms with E-state index >= 15 is 0 Å². The molecule has 0 heterocycles. The molecule has 0 aliphatic rings. The van der Waals surface area contributed by atoms with Gasteiger partial charge in [0.25, 0.3) is 5.91 Å². The predicted molar refractivity (Wildman–Crippen MR) is 85.5 cm³/mol. The minimum Gasteiger partial charge on any atom is -0.298 e. The third kappa shape index (κ3) is 4.20. The number of rotatable bonds is 4. The standard InChI is InChI=1S/C16H12F3N3OS/c1-24-12-5-3-11(4-6-12)15(23)22-21-14-7-2-10(9-20)8-13(14)16(17,18)19/h2-8,21H,1H3,(H,22,23). The van der Waals surface area contributed by atoms with Gasteiger partial charge < -0.3 is 0 Å². The molecule has 0 bridgehead atoms. The maximum absolute atomic E-state index is 13.0. The molecule has 4 nitrogen and oxygen atoms in total. The molecule has 0 aliphatic carbocycles. The van der Waals surface area contributed by atoms with Crippen LogP contribution in [-0.4, -0.2) is 12.2 Å². The average Bonchev–Trinajstić information content (AvgIpc) is 2.58. The molecule has 1 amide bonds. The summed E-state index contributed by atoms with van der Waals surface area (Å²) in [5.41, 5.74) is 3.31. The second-order valence-electron chi connectivity index (χ2n) is 4.68. The topological polar surface area (TPSA) is 64.9 Å². The zero-order valence-electron chi connectivity index (χ0n) is 12.4. The van der Waals surface area contributed by atoms with Crippen molar-refractivity contribution >= 4 is 23.4 Å². The summed E-state index contributed by atoms with van der Waals surface area (Å²) in [6.45, 7) is 0. The normalized spacial score (nSPS) is 10.8.